The Kier molecular flexibility index (Phi) is 6.18. The molecule has 0 heterocycles. The molecule has 0 amide bonds. The first-order chi connectivity index (χ1) is 9.02. The maximum Gasteiger partial charge on any atom is 0.328 e. The second kappa shape index (κ2) is 7.66. The van der Waals surface area contributed by atoms with Crippen LogP contribution >= 0.6 is 0 Å². The van der Waals surface area contributed by atoms with E-state index >= 15 is 0 Å². The predicted molar refractivity (Wildman–Crippen MR) is 69.2 cm³/mol. The third-order valence-electron chi connectivity index (χ3n) is 2.42. The number of carboxylic acid groups (broad SMARTS) is 1. The van der Waals surface area contributed by atoms with E-state index in [0.29, 0.717) is 17.7 Å². The fourth-order valence-corrected chi connectivity index (χ4v) is 1.47. The van der Waals surface area contributed by atoms with Gasteiger partial charge >= 0.3 is 5.97 Å². The van der Waals surface area contributed by atoms with Crippen LogP contribution in [0.4, 0.5) is 4.39 Å². The normalized spacial score (nSPS) is 12.8. The van der Waals surface area contributed by atoms with Gasteiger partial charge in [0, 0.05) is 18.7 Å². The van der Waals surface area contributed by atoms with Gasteiger partial charge in [-0.25, -0.2) is 9.18 Å². The number of carboxylic acids is 1. The van der Waals surface area contributed by atoms with E-state index in [-0.39, 0.29) is 12.7 Å². The lowest BCUT2D eigenvalue weighted by atomic mass is 10.1. The molecule has 0 aliphatic rings. The molecule has 0 radical (unpaired) electrons. The largest absolute Gasteiger partial charge is 0.478 e. The molecule has 1 aromatic rings. The molecule has 0 saturated heterocycles. The molecule has 0 aliphatic carbocycles. The van der Waals surface area contributed by atoms with E-state index in [9.17, 15) is 9.18 Å². The van der Waals surface area contributed by atoms with Crippen LogP contribution in [0.1, 0.15) is 18.1 Å². The van der Waals surface area contributed by atoms with Crippen LogP contribution in [0.25, 0.3) is 6.08 Å². The van der Waals surface area contributed by atoms with Gasteiger partial charge in [-0.2, -0.15) is 0 Å². The third kappa shape index (κ3) is 5.63. The van der Waals surface area contributed by atoms with Gasteiger partial charge in [-0.1, -0.05) is 12.1 Å². The van der Waals surface area contributed by atoms with Crippen molar-refractivity contribution in [2.75, 3.05) is 13.7 Å². The summed E-state index contributed by atoms with van der Waals surface area (Å²) >= 11 is 0. The van der Waals surface area contributed by atoms with Gasteiger partial charge in [0.2, 0.25) is 0 Å². The van der Waals surface area contributed by atoms with Crippen molar-refractivity contribution in [3.63, 3.8) is 0 Å². The average Bonchev–Trinajstić information content (AvgIpc) is 2.35. The third-order valence-corrected chi connectivity index (χ3v) is 2.42. The number of methoxy groups -OCH3 is 1. The van der Waals surface area contributed by atoms with Crippen molar-refractivity contribution in [1.29, 1.82) is 0 Å². The molecular weight excluding hydrogens is 251 g/mol. The van der Waals surface area contributed by atoms with Gasteiger partial charge in [0.05, 0.1) is 19.3 Å². The fraction of sp³-hybridized carbons (Fsp3) is 0.357. The van der Waals surface area contributed by atoms with Crippen LogP contribution in [0.3, 0.4) is 0 Å². The molecule has 5 heteroatoms. The minimum absolute atomic E-state index is 0.115. The van der Waals surface area contributed by atoms with Gasteiger partial charge in [-0.3, -0.25) is 0 Å². The van der Waals surface area contributed by atoms with Crippen LogP contribution in [0.15, 0.2) is 24.3 Å². The first-order valence-corrected chi connectivity index (χ1v) is 5.83. The van der Waals surface area contributed by atoms with Crippen molar-refractivity contribution >= 4 is 12.0 Å². The highest BCUT2D eigenvalue weighted by Gasteiger charge is 2.06. The monoisotopic (exact) mass is 268 g/mol. The lowest BCUT2D eigenvalue weighted by Crippen LogP contribution is -2.14. The number of aliphatic carboxylic acids is 1. The van der Waals surface area contributed by atoms with Crippen molar-refractivity contribution in [1.82, 2.24) is 0 Å². The highest BCUT2D eigenvalue weighted by atomic mass is 19.1. The molecule has 1 unspecified atom stereocenters. The van der Waals surface area contributed by atoms with Gasteiger partial charge in [0.1, 0.15) is 5.82 Å². The van der Waals surface area contributed by atoms with Crippen LogP contribution in [0.2, 0.25) is 0 Å². The van der Waals surface area contributed by atoms with Crippen molar-refractivity contribution in [2.24, 2.45) is 0 Å². The van der Waals surface area contributed by atoms with E-state index in [1.807, 2.05) is 6.92 Å². The number of benzene rings is 1. The predicted octanol–water partition coefficient (Wildman–Crippen LogP) is 2.48. The lowest BCUT2D eigenvalue weighted by Gasteiger charge is -2.12. The SMILES string of the molecule is COCC(C)OCc1ccc(C=CC(=O)O)cc1F. The van der Waals surface area contributed by atoms with Gasteiger partial charge < -0.3 is 14.6 Å². The molecule has 0 fully saturated rings. The number of hydrogen-bond acceptors (Lipinski definition) is 3. The van der Waals surface area contributed by atoms with Crippen molar-refractivity contribution in [3.05, 3.63) is 41.2 Å². The Morgan fingerprint density at radius 1 is 1.53 bits per heavy atom. The Labute approximate surface area is 111 Å². The van der Waals surface area contributed by atoms with E-state index in [2.05, 4.69) is 0 Å². The van der Waals surface area contributed by atoms with Gasteiger partial charge in [-0.05, 0) is 24.6 Å². The summed E-state index contributed by atoms with van der Waals surface area (Å²) < 4.78 is 24.0. The summed E-state index contributed by atoms with van der Waals surface area (Å²) in [6.07, 6.45) is 2.19. The molecule has 4 nitrogen and oxygen atoms in total. The van der Waals surface area contributed by atoms with E-state index in [4.69, 9.17) is 14.6 Å². The van der Waals surface area contributed by atoms with Crippen molar-refractivity contribution < 1.29 is 23.8 Å². The van der Waals surface area contributed by atoms with Crippen LogP contribution in [0, 0.1) is 5.82 Å². The minimum atomic E-state index is -1.07. The summed E-state index contributed by atoms with van der Waals surface area (Å²) in [6, 6.07) is 4.50. The molecule has 0 bridgehead atoms. The summed E-state index contributed by atoms with van der Waals surface area (Å²) in [4.78, 5) is 10.4. The molecule has 0 spiro atoms. The summed E-state index contributed by atoms with van der Waals surface area (Å²) in [6.45, 7) is 2.44. The van der Waals surface area contributed by atoms with Gasteiger partial charge in [0.25, 0.3) is 0 Å². The quantitative estimate of drug-likeness (QED) is 0.772. The molecule has 0 aliphatic heterocycles. The fourth-order valence-electron chi connectivity index (χ4n) is 1.47. The molecule has 19 heavy (non-hydrogen) atoms. The zero-order valence-electron chi connectivity index (χ0n) is 10.9. The lowest BCUT2D eigenvalue weighted by molar-refractivity contribution is -0.131. The maximum atomic E-state index is 13.7. The molecular formula is C14H17FO4. The summed E-state index contributed by atoms with van der Waals surface area (Å²) in [7, 11) is 1.57. The van der Waals surface area contributed by atoms with Gasteiger partial charge in [-0.15, -0.1) is 0 Å². The van der Waals surface area contributed by atoms with Gasteiger partial charge in [0.15, 0.2) is 0 Å². The average molecular weight is 268 g/mol. The number of hydrogen-bond donors (Lipinski definition) is 1. The Morgan fingerprint density at radius 3 is 2.84 bits per heavy atom. The molecule has 1 atom stereocenters. The molecule has 104 valence electrons. The van der Waals surface area contributed by atoms with Crippen LogP contribution in [-0.4, -0.2) is 30.9 Å². The zero-order chi connectivity index (χ0) is 14.3. The van der Waals surface area contributed by atoms with Crippen molar-refractivity contribution in [3.8, 4) is 0 Å². The number of ether oxygens (including phenoxy) is 2. The maximum absolute atomic E-state index is 13.7. The highest BCUT2D eigenvalue weighted by Crippen LogP contribution is 2.13. The second-order valence-electron chi connectivity index (χ2n) is 4.10. The van der Waals surface area contributed by atoms with E-state index in [0.717, 1.165) is 6.08 Å². The second-order valence-corrected chi connectivity index (χ2v) is 4.10. The van der Waals surface area contributed by atoms with Crippen molar-refractivity contribution in [2.45, 2.75) is 19.6 Å². The number of carbonyl (C=O) groups is 1. The standard InChI is InChI=1S/C14H17FO4/c1-10(8-18-2)19-9-12-5-3-11(7-13(12)15)4-6-14(16)17/h3-7,10H,8-9H2,1-2H3,(H,16,17). The Hall–Kier alpha value is -1.72. The first kappa shape index (κ1) is 15.3. The van der Waals surface area contributed by atoms with E-state index < -0.39 is 11.8 Å². The molecule has 1 rings (SSSR count). The smallest absolute Gasteiger partial charge is 0.328 e. The molecule has 0 saturated carbocycles. The Bertz CT molecular complexity index is 457. The Balaban J connectivity index is 2.64. The van der Waals surface area contributed by atoms with Crippen LogP contribution < -0.4 is 0 Å². The van der Waals surface area contributed by atoms with E-state index in [1.165, 1.54) is 12.1 Å². The number of rotatable bonds is 7. The van der Waals surface area contributed by atoms with Crippen LogP contribution in [0.5, 0.6) is 0 Å². The van der Waals surface area contributed by atoms with Crippen LogP contribution in [-0.2, 0) is 20.9 Å². The first-order valence-electron chi connectivity index (χ1n) is 5.83. The van der Waals surface area contributed by atoms with E-state index in [1.54, 1.807) is 19.2 Å². The zero-order valence-corrected chi connectivity index (χ0v) is 10.9. The molecule has 1 N–H and O–H groups in total. The Morgan fingerprint density at radius 2 is 2.26 bits per heavy atom. The molecule has 0 aromatic heterocycles. The topological polar surface area (TPSA) is 55.8 Å². The summed E-state index contributed by atoms with van der Waals surface area (Å²) in [5, 5.41) is 8.48. The number of halogens is 1. The highest BCUT2D eigenvalue weighted by molar-refractivity contribution is 5.85. The minimum Gasteiger partial charge on any atom is -0.478 e. The summed E-state index contributed by atoms with van der Waals surface area (Å²) in [5.74, 6) is -1.49. The molecule has 1 aromatic carbocycles. The summed E-state index contributed by atoms with van der Waals surface area (Å²) in [5.41, 5.74) is 0.920.